The Bertz CT molecular complexity index is 986. The number of nitrogens with zero attached hydrogens (tertiary/aromatic N) is 2. The second-order valence-corrected chi connectivity index (χ2v) is 5.73. The highest BCUT2D eigenvalue weighted by Crippen LogP contribution is 2.31. The fourth-order valence-corrected chi connectivity index (χ4v) is 3.01. The van der Waals surface area contributed by atoms with E-state index in [0.29, 0.717) is 10.0 Å². The van der Waals surface area contributed by atoms with Crippen molar-refractivity contribution in [2.75, 3.05) is 0 Å². The lowest BCUT2D eigenvalue weighted by molar-refractivity contribution is 1.22. The Morgan fingerprint density at radius 2 is 1.70 bits per heavy atom. The number of fused-ring (bicyclic) bond motifs is 5. The van der Waals surface area contributed by atoms with Crippen molar-refractivity contribution in [2.45, 2.75) is 6.92 Å². The zero-order valence-corrected chi connectivity index (χ0v) is 12.2. The number of aryl methyl sites for hydroxylation is 1. The molecule has 0 saturated carbocycles. The molecule has 0 aliphatic rings. The first-order valence-corrected chi connectivity index (χ1v) is 7.06. The van der Waals surface area contributed by atoms with Gasteiger partial charge in [0.1, 0.15) is 5.65 Å². The van der Waals surface area contributed by atoms with E-state index >= 15 is 0 Å². The van der Waals surface area contributed by atoms with Crippen molar-refractivity contribution in [1.82, 2.24) is 9.38 Å². The lowest BCUT2D eigenvalue weighted by Crippen LogP contribution is -1.89. The summed E-state index contributed by atoms with van der Waals surface area (Å²) >= 11 is 12.2. The summed E-state index contributed by atoms with van der Waals surface area (Å²) < 4.78 is 2.08. The van der Waals surface area contributed by atoms with Gasteiger partial charge >= 0.3 is 0 Å². The quantitative estimate of drug-likeness (QED) is 0.433. The van der Waals surface area contributed by atoms with E-state index in [1.54, 1.807) is 0 Å². The normalized spacial score (nSPS) is 11.8. The van der Waals surface area contributed by atoms with Crippen LogP contribution in [0, 0.1) is 6.92 Å². The molecule has 0 N–H and O–H groups in total. The average molecular weight is 301 g/mol. The van der Waals surface area contributed by atoms with E-state index in [-0.39, 0.29) is 0 Å². The standard InChI is InChI=1S/C16H10Cl2N2/c1-9-8-20-15-7-13(18)12(17)6-14(15)19-16(20)11-5-3-2-4-10(9)11/h2-8H,1H3. The van der Waals surface area contributed by atoms with Crippen LogP contribution in [-0.4, -0.2) is 9.38 Å². The van der Waals surface area contributed by atoms with Gasteiger partial charge in [0, 0.05) is 11.6 Å². The Hall–Kier alpha value is -1.77. The summed E-state index contributed by atoms with van der Waals surface area (Å²) in [6, 6.07) is 12.0. The van der Waals surface area contributed by atoms with Crippen molar-refractivity contribution in [2.24, 2.45) is 0 Å². The minimum absolute atomic E-state index is 0.531. The lowest BCUT2D eigenvalue weighted by atomic mass is 10.1. The van der Waals surface area contributed by atoms with Crippen LogP contribution in [0.3, 0.4) is 0 Å². The smallest absolute Gasteiger partial charge is 0.145 e. The van der Waals surface area contributed by atoms with Gasteiger partial charge in [0.05, 0.1) is 21.1 Å². The van der Waals surface area contributed by atoms with Crippen LogP contribution in [0.15, 0.2) is 42.6 Å². The second-order valence-electron chi connectivity index (χ2n) is 4.92. The topological polar surface area (TPSA) is 17.3 Å². The van der Waals surface area contributed by atoms with E-state index in [0.717, 1.165) is 22.1 Å². The second kappa shape index (κ2) is 4.11. The average Bonchev–Trinajstić information content (AvgIpc) is 2.78. The van der Waals surface area contributed by atoms with Crippen molar-refractivity contribution in [3.63, 3.8) is 0 Å². The van der Waals surface area contributed by atoms with Gasteiger partial charge < -0.3 is 0 Å². The molecule has 0 unspecified atom stereocenters. The molecule has 0 bridgehead atoms. The molecule has 0 spiro atoms. The van der Waals surface area contributed by atoms with Crippen LogP contribution in [0.2, 0.25) is 10.0 Å². The van der Waals surface area contributed by atoms with E-state index in [1.165, 1.54) is 10.9 Å². The van der Waals surface area contributed by atoms with Crippen LogP contribution in [0.4, 0.5) is 0 Å². The van der Waals surface area contributed by atoms with Gasteiger partial charge in [0.2, 0.25) is 0 Å². The largest absolute Gasteiger partial charge is 0.299 e. The molecule has 4 rings (SSSR count). The Morgan fingerprint density at radius 1 is 1.00 bits per heavy atom. The van der Waals surface area contributed by atoms with E-state index in [4.69, 9.17) is 28.2 Å². The first-order valence-electron chi connectivity index (χ1n) is 6.30. The van der Waals surface area contributed by atoms with Gasteiger partial charge in [-0.15, -0.1) is 0 Å². The summed E-state index contributed by atoms with van der Waals surface area (Å²) in [5.41, 5.74) is 3.97. The van der Waals surface area contributed by atoms with Crippen LogP contribution in [0.1, 0.15) is 5.56 Å². The van der Waals surface area contributed by atoms with Crippen LogP contribution in [0.25, 0.3) is 27.5 Å². The molecule has 98 valence electrons. The Kier molecular flexibility index (Phi) is 2.47. The predicted molar refractivity (Wildman–Crippen MR) is 85.0 cm³/mol. The Balaban J connectivity index is 2.30. The molecule has 0 aliphatic heterocycles. The monoisotopic (exact) mass is 300 g/mol. The minimum atomic E-state index is 0.531. The molecule has 0 saturated heterocycles. The molecule has 0 fully saturated rings. The molecule has 4 aromatic rings. The highest BCUT2D eigenvalue weighted by molar-refractivity contribution is 6.42. The minimum Gasteiger partial charge on any atom is -0.299 e. The van der Waals surface area contributed by atoms with Crippen LogP contribution < -0.4 is 0 Å². The van der Waals surface area contributed by atoms with Crippen molar-refractivity contribution >= 4 is 50.7 Å². The van der Waals surface area contributed by atoms with Gasteiger partial charge in [-0.3, -0.25) is 4.40 Å². The zero-order chi connectivity index (χ0) is 13.9. The molecule has 4 heteroatoms. The Morgan fingerprint density at radius 3 is 2.50 bits per heavy atom. The van der Waals surface area contributed by atoms with Crippen molar-refractivity contribution in [3.8, 4) is 0 Å². The lowest BCUT2D eigenvalue weighted by Gasteiger charge is -2.05. The maximum absolute atomic E-state index is 6.13. The number of rotatable bonds is 0. The van der Waals surface area contributed by atoms with Gasteiger partial charge in [-0.1, -0.05) is 47.5 Å². The van der Waals surface area contributed by atoms with Crippen molar-refractivity contribution in [3.05, 3.63) is 58.2 Å². The maximum atomic E-state index is 6.13. The molecule has 2 heterocycles. The van der Waals surface area contributed by atoms with E-state index in [1.807, 2.05) is 24.3 Å². The van der Waals surface area contributed by atoms with Crippen molar-refractivity contribution in [1.29, 1.82) is 0 Å². The highest BCUT2D eigenvalue weighted by Gasteiger charge is 2.11. The first kappa shape index (κ1) is 12.0. The molecule has 2 aromatic heterocycles. The van der Waals surface area contributed by atoms with Gasteiger partial charge in [-0.25, -0.2) is 4.98 Å². The zero-order valence-electron chi connectivity index (χ0n) is 10.7. The first-order chi connectivity index (χ1) is 9.65. The third kappa shape index (κ3) is 1.55. The number of pyridine rings is 1. The van der Waals surface area contributed by atoms with E-state index in [9.17, 15) is 0 Å². The fourth-order valence-electron chi connectivity index (χ4n) is 2.70. The van der Waals surface area contributed by atoms with Gasteiger partial charge in [0.15, 0.2) is 0 Å². The van der Waals surface area contributed by atoms with E-state index in [2.05, 4.69) is 29.7 Å². The SMILES string of the molecule is Cc1cn2c3cc(Cl)c(Cl)cc3nc2c2ccccc12. The number of halogens is 2. The third-order valence-electron chi connectivity index (χ3n) is 3.65. The summed E-state index contributed by atoms with van der Waals surface area (Å²) in [7, 11) is 0. The molecule has 0 atom stereocenters. The molecule has 0 amide bonds. The maximum Gasteiger partial charge on any atom is 0.145 e. The molecule has 20 heavy (non-hydrogen) atoms. The number of hydrogen-bond acceptors (Lipinski definition) is 1. The molecule has 2 nitrogen and oxygen atoms in total. The van der Waals surface area contributed by atoms with Gasteiger partial charge in [-0.05, 0) is 30.0 Å². The molecule has 0 aliphatic carbocycles. The summed E-state index contributed by atoms with van der Waals surface area (Å²) in [4.78, 5) is 4.71. The fraction of sp³-hybridized carbons (Fsp3) is 0.0625. The summed E-state index contributed by atoms with van der Waals surface area (Å²) in [5.74, 6) is 0. The highest BCUT2D eigenvalue weighted by atomic mass is 35.5. The van der Waals surface area contributed by atoms with Gasteiger partial charge in [0.25, 0.3) is 0 Å². The summed E-state index contributed by atoms with van der Waals surface area (Å²) in [6.45, 7) is 2.10. The van der Waals surface area contributed by atoms with Crippen LogP contribution >= 0.6 is 23.2 Å². The van der Waals surface area contributed by atoms with E-state index < -0.39 is 0 Å². The Labute approximate surface area is 125 Å². The third-order valence-corrected chi connectivity index (χ3v) is 4.37. The molecular formula is C16H10Cl2N2. The molecular weight excluding hydrogens is 291 g/mol. The number of aromatic nitrogens is 2. The molecule has 0 radical (unpaired) electrons. The van der Waals surface area contributed by atoms with Crippen molar-refractivity contribution < 1.29 is 0 Å². The van der Waals surface area contributed by atoms with Crippen LogP contribution in [-0.2, 0) is 0 Å². The predicted octanol–water partition coefficient (Wildman–Crippen LogP) is 5.26. The number of benzene rings is 2. The summed E-state index contributed by atoms with van der Waals surface area (Å²) in [6.07, 6.45) is 2.09. The van der Waals surface area contributed by atoms with Gasteiger partial charge in [-0.2, -0.15) is 0 Å². The van der Waals surface area contributed by atoms with Crippen LogP contribution in [0.5, 0.6) is 0 Å². The molecule has 2 aromatic carbocycles. The summed E-state index contributed by atoms with van der Waals surface area (Å²) in [5, 5.41) is 3.43. The number of hydrogen-bond donors (Lipinski definition) is 0. The number of imidazole rings is 1.